The minimum atomic E-state index is 0.909. The van der Waals surface area contributed by atoms with Crippen molar-refractivity contribution in [2.75, 3.05) is 0 Å². The Kier molecular flexibility index (Phi) is 4.12. The second-order valence-electron chi connectivity index (χ2n) is 3.40. The summed E-state index contributed by atoms with van der Waals surface area (Å²) in [7, 11) is 0. The van der Waals surface area contributed by atoms with Gasteiger partial charge in [0.2, 0.25) is 0 Å². The van der Waals surface area contributed by atoms with E-state index in [1.807, 2.05) is 0 Å². The van der Waals surface area contributed by atoms with Gasteiger partial charge in [0.25, 0.3) is 0 Å². The fraction of sp³-hybridized carbons (Fsp3) is 0.385. The van der Waals surface area contributed by atoms with Crippen LogP contribution < -0.4 is 0 Å². The second-order valence-corrected chi connectivity index (χ2v) is 3.40. The molecule has 0 nitrogen and oxygen atoms in total. The number of rotatable bonds is 4. The molecule has 0 aromatic heterocycles. The summed E-state index contributed by atoms with van der Waals surface area (Å²) < 4.78 is 0. The Labute approximate surface area is 81.0 Å². The standard InChI is InChI=1S/C13H16/c1-3-4-5-6-7-13-10-8-12(2)9-11-13/h1,8-11H,4-7H2,2H3. The molecule has 0 spiro atoms. The Morgan fingerprint density at radius 3 is 2.46 bits per heavy atom. The number of unbranched alkanes of at least 4 members (excludes halogenated alkanes) is 2. The first kappa shape index (κ1) is 9.86. The van der Waals surface area contributed by atoms with E-state index in [1.165, 1.54) is 17.5 Å². The monoisotopic (exact) mass is 172 g/mol. The molecule has 0 unspecified atom stereocenters. The first-order chi connectivity index (χ1) is 6.33. The summed E-state index contributed by atoms with van der Waals surface area (Å²) in [6.45, 7) is 2.11. The van der Waals surface area contributed by atoms with Crippen LogP contribution in [0.5, 0.6) is 0 Å². The van der Waals surface area contributed by atoms with Crippen LogP contribution in [-0.4, -0.2) is 0 Å². The van der Waals surface area contributed by atoms with Crippen molar-refractivity contribution in [1.82, 2.24) is 0 Å². The van der Waals surface area contributed by atoms with Crippen molar-refractivity contribution < 1.29 is 0 Å². The molecule has 0 aliphatic heterocycles. The number of aryl methyl sites for hydroxylation is 2. The number of hydrogen-bond donors (Lipinski definition) is 0. The highest BCUT2D eigenvalue weighted by Crippen LogP contribution is 2.07. The Morgan fingerprint density at radius 1 is 1.15 bits per heavy atom. The third kappa shape index (κ3) is 3.80. The molecule has 13 heavy (non-hydrogen) atoms. The topological polar surface area (TPSA) is 0 Å². The Hall–Kier alpha value is -1.22. The van der Waals surface area contributed by atoms with Crippen LogP contribution in [0.4, 0.5) is 0 Å². The molecule has 1 rings (SSSR count). The Morgan fingerprint density at radius 2 is 1.85 bits per heavy atom. The van der Waals surface area contributed by atoms with Gasteiger partial charge >= 0.3 is 0 Å². The molecule has 0 N–H and O–H groups in total. The summed E-state index contributed by atoms with van der Waals surface area (Å²) in [6, 6.07) is 8.73. The largest absolute Gasteiger partial charge is 0.120 e. The summed E-state index contributed by atoms with van der Waals surface area (Å²) >= 11 is 0. The van der Waals surface area contributed by atoms with Crippen molar-refractivity contribution in [2.45, 2.75) is 32.6 Å². The quantitative estimate of drug-likeness (QED) is 0.482. The summed E-state index contributed by atoms with van der Waals surface area (Å²) in [4.78, 5) is 0. The van der Waals surface area contributed by atoms with Crippen molar-refractivity contribution in [3.8, 4) is 12.3 Å². The smallest absolute Gasteiger partial charge is 0.00861 e. The molecule has 68 valence electrons. The molecule has 0 aliphatic rings. The number of hydrogen-bond acceptors (Lipinski definition) is 0. The van der Waals surface area contributed by atoms with E-state index in [4.69, 9.17) is 6.42 Å². The molecular weight excluding hydrogens is 156 g/mol. The molecule has 1 aromatic rings. The van der Waals surface area contributed by atoms with E-state index in [0.717, 1.165) is 19.3 Å². The Bertz CT molecular complexity index is 274. The summed E-state index contributed by atoms with van der Waals surface area (Å²) in [5.74, 6) is 2.66. The molecular formula is C13H16. The summed E-state index contributed by atoms with van der Waals surface area (Å²) in [6.07, 6.45) is 9.59. The maximum atomic E-state index is 5.18. The van der Waals surface area contributed by atoms with Gasteiger partial charge in [0, 0.05) is 6.42 Å². The fourth-order valence-electron chi connectivity index (χ4n) is 1.31. The van der Waals surface area contributed by atoms with E-state index < -0.39 is 0 Å². The third-order valence-corrected chi connectivity index (χ3v) is 2.16. The van der Waals surface area contributed by atoms with E-state index in [-0.39, 0.29) is 0 Å². The number of benzene rings is 1. The van der Waals surface area contributed by atoms with Crippen LogP contribution in [0.25, 0.3) is 0 Å². The molecule has 0 bridgehead atoms. The van der Waals surface area contributed by atoms with E-state index >= 15 is 0 Å². The van der Waals surface area contributed by atoms with Crippen LogP contribution in [0.15, 0.2) is 24.3 Å². The predicted molar refractivity (Wildman–Crippen MR) is 57.6 cm³/mol. The van der Waals surface area contributed by atoms with E-state index in [1.54, 1.807) is 0 Å². The Balaban J connectivity index is 2.30. The molecule has 0 amide bonds. The number of terminal acetylenes is 1. The van der Waals surface area contributed by atoms with E-state index in [0.29, 0.717) is 0 Å². The highest BCUT2D eigenvalue weighted by atomic mass is 14.0. The highest BCUT2D eigenvalue weighted by Gasteiger charge is 1.92. The molecule has 1 aromatic carbocycles. The van der Waals surface area contributed by atoms with Crippen molar-refractivity contribution >= 4 is 0 Å². The highest BCUT2D eigenvalue weighted by molar-refractivity contribution is 5.21. The molecule has 0 saturated heterocycles. The van der Waals surface area contributed by atoms with E-state index in [9.17, 15) is 0 Å². The van der Waals surface area contributed by atoms with Crippen LogP contribution in [0.1, 0.15) is 30.4 Å². The fourth-order valence-corrected chi connectivity index (χ4v) is 1.31. The molecule has 0 aliphatic carbocycles. The minimum Gasteiger partial charge on any atom is -0.120 e. The first-order valence-corrected chi connectivity index (χ1v) is 4.82. The van der Waals surface area contributed by atoms with Gasteiger partial charge in [-0.3, -0.25) is 0 Å². The average molecular weight is 172 g/mol. The normalized spacial score (nSPS) is 9.54. The molecule has 0 atom stereocenters. The van der Waals surface area contributed by atoms with Crippen LogP contribution >= 0.6 is 0 Å². The van der Waals surface area contributed by atoms with Gasteiger partial charge in [0.1, 0.15) is 0 Å². The molecule has 0 fully saturated rings. The maximum Gasteiger partial charge on any atom is 0.00861 e. The minimum absolute atomic E-state index is 0.909. The van der Waals surface area contributed by atoms with Gasteiger partial charge in [-0.15, -0.1) is 12.3 Å². The van der Waals surface area contributed by atoms with Crippen LogP contribution in [0, 0.1) is 19.3 Å². The predicted octanol–water partition coefficient (Wildman–Crippen LogP) is 3.34. The maximum absolute atomic E-state index is 5.18. The van der Waals surface area contributed by atoms with Gasteiger partial charge in [-0.2, -0.15) is 0 Å². The third-order valence-electron chi connectivity index (χ3n) is 2.16. The zero-order valence-electron chi connectivity index (χ0n) is 8.22. The van der Waals surface area contributed by atoms with Crippen molar-refractivity contribution in [2.24, 2.45) is 0 Å². The lowest BCUT2D eigenvalue weighted by Gasteiger charge is -2.00. The zero-order valence-corrected chi connectivity index (χ0v) is 8.22. The van der Waals surface area contributed by atoms with Gasteiger partial charge in [0.05, 0.1) is 0 Å². The lowest BCUT2D eigenvalue weighted by molar-refractivity contribution is 0.756. The van der Waals surface area contributed by atoms with Crippen molar-refractivity contribution in [3.63, 3.8) is 0 Å². The van der Waals surface area contributed by atoms with Gasteiger partial charge in [-0.1, -0.05) is 29.8 Å². The molecule has 0 radical (unpaired) electrons. The van der Waals surface area contributed by atoms with Crippen LogP contribution in [-0.2, 0) is 6.42 Å². The molecule has 0 heteroatoms. The van der Waals surface area contributed by atoms with Gasteiger partial charge in [-0.25, -0.2) is 0 Å². The summed E-state index contributed by atoms with van der Waals surface area (Å²) in [5.41, 5.74) is 2.75. The van der Waals surface area contributed by atoms with Crippen LogP contribution in [0.3, 0.4) is 0 Å². The second kappa shape index (κ2) is 5.43. The van der Waals surface area contributed by atoms with Gasteiger partial charge in [-0.05, 0) is 31.7 Å². The van der Waals surface area contributed by atoms with Gasteiger partial charge in [0.15, 0.2) is 0 Å². The van der Waals surface area contributed by atoms with Gasteiger partial charge < -0.3 is 0 Å². The summed E-state index contributed by atoms with van der Waals surface area (Å²) in [5, 5.41) is 0. The first-order valence-electron chi connectivity index (χ1n) is 4.82. The lowest BCUT2D eigenvalue weighted by Crippen LogP contribution is -1.85. The van der Waals surface area contributed by atoms with Crippen molar-refractivity contribution in [3.05, 3.63) is 35.4 Å². The zero-order chi connectivity index (χ0) is 9.52. The lowest BCUT2D eigenvalue weighted by atomic mass is 10.1. The molecule has 0 heterocycles. The van der Waals surface area contributed by atoms with E-state index in [2.05, 4.69) is 37.1 Å². The molecule has 0 saturated carbocycles. The van der Waals surface area contributed by atoms with Crippen LogP contribution in [0.2, 0.25) is 0 Å². The average Bonchev–Trinajstić information content (AvgIpc) is 2.15. The van der Waals surface area contributed by atoms with Crippen molar-refractivity contribution in [1.29, 1.82) is 0 Å². The SMILES string of the molecule is C#CCCCCc1ccc(C)cc1.